The Morgan fingerprint density at radius 2 is 2.18 bits per heavy atom. The summed E-state index contributed by atoms with van der Waals surface area (Å²) in [6.07, 6.45) is 3.05. The van der Waals surface area contributed by atoms with Crippen LogP contribution in [0.2, 0.25) is 0 Å². The van der Waals surface area contributed by atoms with Crippen LogP contribution in [-0.2, 0) is 23.6 Å². The van der Waals surface area contributed by atoms with E-state index in [4.69, 9.17) is 0 Å². The number of rotatable bonds is 4. The second-order valence-electron chi connectivity index (χ2n) is 5.82. The molecule has 0 saturated carbocycles. The van der Waals surface area contributed by atoms with Gasteiger partial charge in [-0.25, -0.2) is 18.1 Å². The largest absolute Gasteiger partial charge is 0.258 e. The number of hydrogen-bond donors (Lipinski definition) is 1. The molecule has 1 aliphatic heterocycles. The molecular weight excluding hydrogens is 304 g/mol. The van der Waals surface area contributed by atoms with Crippen LogP contribution in [0, 0.1) is 0 Å². The van der Waals surface area contributed by atoms with Crippen LogP contribution >= 0.6 is 0 Å². The molecule has 120 valence electrons. The standard InChI is InChI=1S/C13H20N6O2S/c1-9(2)12-15-13-10(5-4-8-19(13)16-12)17-22(20,21)11-6-7-14-18(11)3/h6-7,9-10,17H,4-5,8H2,1-3H3/t10-/m1/s1. The monoisotopic (exact) mass is 324 g/mol. The number of nitrogens with zero attached hydrogens (tertiary/aromatic N) is 5. The molecule has 2 aromatic rings. The summed E-state index contributed by atoms with van der Waals surface area (Å²) in [6.45, 7) is 4.82. The van der Waals surface area contributed by atoms with Crippen molar-refractivity contribution in [3.8, 4) is 0 Å². The van der Waals surface area contributed by atoms with E-state index in [1.807, 2.05) is 18.5 Å². The summed E-state index contributed by atoms with van der Waals surface area (Å²) in [6, 6.07) is 1.13. The Labute approximate surface area is 129 Å². The number of fused-ring (bicyclic) bond motifs is 1. The molecule has 0 amide bonds. The first-order chi connectivity index (χ1) is 10.4. The van der Waals surface area contributed by atoms with E-state index >= 15 is 0 Å². The van der Waals surface area contributed by atoms with Gasteiger partial charge in [-0.1, -0.05) is 13.8 Å². The van der Waals surface area contributed by atoms with E-state index in [0.717, 1.165) is 18.8 Å². The first-order valence-electron chi connectivity index (χ1n) is 7.33. The van der Waals surface area contributed by atoms with E-state index in [-0.39, 0.29) is 17.0 Å². The smallest absolute Gasteiger partial charge is 0.256 e. The molecule has 8 nitrogen and oxygen atoms in total. The summed E-state index contributed by atoms with van der Waals surface area (Å²) < 4.78 is 30.9. The summed E-state index contributed by atoms with van der Waals surface area (Å²) in [5.74, 6) is 1.66. The van der Waals surface area contributed by atoms with Crippen molar-refractivity contribution in [2.24, 2.45) is 7.05 Å². The van der Waals surface area contributed by atoms with Crippen LogP contribution in [0.4, 0.5) is 0 Å². The molecule has 0 radical (unpaired) electrons. The van der Waals surface area contributed by atoms with Crippen molar-refractivity contribution in [2.75, 3.05) is 0 Å². The molecule has 0 fully saturated rings. The van der Waals surface area contributed by atoms with Crippen molar-refractivity contribution in [2.45, 2.75) is 50.2 Å². The van der Waals surface area contributed by atoms with Gasteiger partial charge in [-0.05, 0) is 18.9 Å². The van der Waals surface area contributed by atoms with Crippen LogP contribution < -0.4 is 4.72 Å². The van der Waals surface area contributed by atoms with E-state index in [1.165, 1.54) is 16.9 Å². The zero-order chi connectivity index (χ0) is 15.9. The second-order valence-corrected chi connectivity index (χ2v) is 7.48. The molecule has 2 aromatic heterocycles. The molecule has 1 aliphatic rings. The predicted molar refractivity (Wildman–Crippen MR) is 79.6 cm³/mol. The van der Waals surface area contributed by atoms with Gasteiger partial charge in [0.2, 0.25) is 0 Å². The van der Waals surface area contributed by atoms with Crippen LogP contribution in [0.5, 0.6) is 0 Å². The zero-order valence-electron chi connectivity index (χ0n) is 12.9. The van der Waals surface area contributed by atoms with Crippen molar-refractivity contribution in [1.82, 2.24) is 29.3 Å². The summed E-state index contributed by atoms with van der Waals surface area (Å²) in [4.78, 5) is 4.52. The Morgan fingerprint density at radius 3 is 2.82 bits per heavy atom. The van der Waals surface area contributed by atoms with Gasteiger partial charge in [0.05, 0.1) is 12.2 Å². The minimum atomic E-state index is -3.63. The molecule has 0 aliphatic carbocycles. The Balaban J connectivity index is 1.90. The van der Waals surface area contributed by atoms with Gasteiger partial charge in [-0.3, -0.25) is 4.68 Å². The van der Waals surface area contributed by atoms with E-state index in [9.17, 15) is 8.42 Å². The first kappa shape index (κ1) is 15.2. The molecule has 1 atom stereocenters. The Kier molecular flexibility index (Phi) is 3.77. The lowest BCUT2D eigenvalue weighted by molar-refractivity contribution is 0.398. The van der Waals surface area contributed by atoms with Crippen molar-refractivity contribution in [1.29, 1.82) is 0 Å². The summed E-state index contributed by atoms with van der Waals surface area (Å²) in [7, 11) is -2.03. The van der Waals surface area contributed by atoms with Crippen molar-refractivity contribution in [3.05, 3.63) is 23.9 Å². The van der Waals surface area contributed by atoms with E-state index in [1.54, 1.807) is 7.05 Å². The van der Waals surface area contributed by atoms with Gasteiger partial charge in [0.15, 0.2) is 10.9 Å². The van der Waals surface area contributed by atoms with Gasteiger partial charge in [0.25, 0.3) is 10.0 Å². The SMILES string of the molecule is CC(C)c1nc2n(n1)CCC[C@H]2NS(=O)(=O)c1ccnn1C. The van der Waals surface area contributed by atoms with Gasteiger partial charge in [0, 0.05) is 19.5 Å². The van der Waals surface area contributed by atoms with Crippen LogP contribution in [0.3, 0.4) is 0 Å². The van der Waals surface area contributed by atoms with Crippen LogP contribution in [0.15, 0.2) is 17.3 Å². The topological polar surface area (TPSA) is 94.7 Å². The highest BCUT2D eigenvalue weighted by Gasteiger charge is 2.30. The number of hydrogen-bond acceptors (Lipinski definition) is 5. The maximum absolute atomic E-state index is 12.5. The highest BCUT2D eigenvalue weighted by molar-refractivity contribution is 7.89. The third kappa shape index (κ3) is 2.66. The fourth-order valence-electron chi connectivity index (χ4n) is 2.60. The molecule has 0 saturated heterocycles. The minimum Gasteiger partial charge on any atom is -0.256 e. The van der Waals surface area contributed by atoms with Crippen LogP contribution in [-0.4, -0.2) is 33.0 Å². The molecule has 3 heterocycles. The lowest BCUT2D eigenvalue weighted by Crippen LogP contribution is -2.34. The van der Waals surface area contributed by atoms with Crippen molar-refractivity contribution < 1.29 is 8.42 Å². The van der Waals surface area contributed by atoms with Gasteiger partial charge >= 0.3 is 0 Å². The number of aryl methyl sites for hydroxylation is 2. The lowest BCUT2D eigenvalue weighted by atomic mass is 10.1. The average Bonchev–Trinajstić information content (AvgIpc) is 3.05. The Bertz CT molecular complexity index is 776. The minimum absolute atomic E-state index is 0.147. The normalized spacial score (nSPS) is 18.6. The van der Waals surface area contributed by atoms with Gasteiger partial charge < -0.3 is 0 Å². The number of sulfonamides is 1. The Hall–Kier alpha value is -1.74. The quantitative estimate of drug-likeness (QED) is 0.903. The number of nitrogens with one attached hydrogen (secondary N) is 1. The highest BCUT2D eigenvalue weighted by atomic mass is 32.2. The summed E-state index contributed by atoms with van der Waals surface area (Å²) >= 11 is 0. The Morgan fingerprint density at radius 1 is 1.41 bits per heavy atom. The molecule has 0 bridgehead atoms. The van der Waals surface area contributed by atoms with Gasteiger partial charge in [-0.2, -0.15) is 14.9 Å². The van der Waals surface area contributed by atoms with Crippen molar-refractivity contribution >= 4 is 10.0 Å². The fraction of sp³-hybridized carbons (Fsp3) is 0.615. The van der Waals surface area contributed by atoms with E-state index in [0.29, 0.717) is 12.2 Å². The first-order valence-corrected chi connectivity index (χ1v) is 8.82. The second kappa shape index (κ2) is 5.47. The van der Waals surface area contributed by atoms with E-state index < -0.39 is 10.0 Å². The molecular formula is C13H20N6O2S. The molecule has 9 heteroatoms. The predicted octanol–water partition coefficient (Wildman–Crippen LogP) is 0.948. The third-order valence-electron chi connectivity index (χ3n) is 3.76. The molecule has 0 spiro atoms. The zero-order valence-corrected chi connectivity index (χ0v) is 13.7. The molecule has 1 N–H and O–H groups in total. The molecule has 0 aromatic carbocycles. The summed E-state index contributed by atoms with van der Waals surface area (Å²) in [5, 5.41) is 8.52. The maximum Gasteiger partial charge on any atom is 0.258 e. The van der Waals surface area contributed by atoms with E-state index in [2.05, 4.69) is 19.9 Å². The average molecular weight is 324 g/mol. The maximum atomic E-state index is 12.5. The molecule has 3 rings (SSSR count). The lowest BCUT2D eigenvalue weighted by Gasteiger charge is -2.22. The van der Waals surface area contributed by atoms with Gasteiger partial charge in [-0.15, -0.1) is 0 Å². The van der Waals surface area contributed by atoms with Crippen LogP contribution in [0.25, 0.3) is 0 Å². The molecule has 0 unspecified atom stereocenters. The fourth-order valence-corrected chi connectivity index (χ4v) is 3.95. The number of aromatic nitrogens is 5. The third-order valence-corrected chi connectivity index (χ3v) is 5.30. The summed E-state index contributed by atoms with van der Waals surface area (Å²) in [5.41, 5.74) is 0. The van der Waals surface area contributed by atoms with Crippen LogP contribution in [0.1, 0.15) is 50.3 Å². The van der Waals surface area contributed by atoms with Crippen molar-refractivity contribution in [3.63, 3.8) is 0 Å². The highest BCUT2D eigenvalue weighted by Crippen LogP contribution is 2.26. The molecule has 22 heavy (non-hydrogen) atoms. The van der Waals surface area contributed by atoms with Gasteiger partial charge in [0.1, 0.15) is 5.82 Å².